The van der Waals surface area contributed by atoms with Crippen LogP contribution in [0, 0.1) is 0 Å². The van der Waals surface area contributed by atoms with E-state index in [1.807, 2.05) is 0 Å². The number of rotatable bonds is 5. The van der Waals surface area contributed by atoms with Gasteiger partial charge in [-0.1, -0.05) is 158 Å². The summed E-state index contributed by atoms with van der Waals surface area (Å²) in [5.41, 5.74) is 13.9. The Morgan fingerprint density at radius 3 is 1.14 bits per heavy atom. The first kappa shape index (κ1) is 29.2. The van der Waals surface area contributed by atoms with E-state index in [1.165, 1.54) is 77.2 Å². The van der Waals surface area contributed by atoms with Gasteiger partial charge in [-0.3, -0.25) is 0 Å². The quantitative estimate of drug-likeness (QED) is 0.169. The van der Waals surface area contributed by atoms with E-state index < -0.39 is 0 Å². The average Bonchev–Trinajstić information content (AvgIpc) is 3.58. The van der Waals surface area contributed by atoms with Gasteiger partial charge in [-0.15, -0.1) is 0 Å². The summed E-state index contributed by atoms with van der Waals surface area (Å²) >= 11 is 0. The molecule has 0 radical (unpaired) electrons. The summed E-state index contributed by atoms with van der Waals surface area (Å²) < 4.78 is 6.43. The molecule has 0 saturated carbocycles. The van der Waals surface area contributed by atoms with Gasteiger partial charge < -0.3 is 4.42 Å². The minimum Gasteiger partial charge on any atom is -0.456 e. The third kappa shape index (κ3) is 4.94. The summed E-state index contributed by atoms with van der Waals surface area (Å²) in [5, 5.41) is 7.17. The molecule has 0 saturated heterocycles. The Balaban J connectivity index is 1.33. The van der Waals surface area contributed by atoms with Crippen molar-refractivity contribution in [2.24, 2.45) is 0 Å². The van der Waals surface area contributed by atoms with Crippen LogP contribution in [-0.4, -0.2) is 0 Å². The van der Waals surface area contributed by atoms with Crippen LogP contribution < -0.4 is 0 Å². The molecule has 1 heterocycles. The number of hydrogen-bond donors (Lipinski definition) is 0. The van der Waals surface area contributed by atoms with Gasteiger partial charge in [-0.25, -0.2) is 0 Å². The Labute approximate surface area is 296 Å². The van der Waals surface area contributed by atoms with Gasteiger partial charge in [0, 0.05) is 10.8 Å². The topological polar surface area (TPSA) is 13.1 Å². The predicted molar refractivity (Wildman–Crippen MR) is 216 cm³/mol. The molecule has 0 aliphatic rings. The maximum Gasteiger partial charge on any atom is 0.135 e. The lowest BCUT2D eigenvalue weighted by Crippen LogP contribution is -1.94. The number of furan rings is 1. The Bertz CT molecular complexity index is 2870. The standard InChI is InChI=1S/C50H32O/c1-5-15-33(16-6-1)37-25-27-47-43(29-37)44-30-38(26-28-48(44)51-47)50-40-24-14-13-23-39(40)49(36-21-11-4-12-22-36)45-31-41(34-17-7-2-8-18-34)42(32-46(45)50)35-19-9-3-10-20-35/h1-32H. The Hall–Kier alpha value is -6.70. The molecule has 10 rings (SSSR count). The predicted octanol–water partition coefficient (Wildman–Crippen LogP) is 14.2. The second-order valence-electron chi connectivity index (χ2n) is 13.2. The third-order valence-electron chi connectivity index (χ3n) is 10.3. The highest BCUT2D eigenvalue weighted by molar-refractivity contribution is 6.23. The van der Waals surface area contributed by atoms with Crippen molar-refractivity contribution in [2.75, 3.05) is 0 Å². The molecule has 1 aromatic heterocycles. The summed E-state index contributed by atoms with van der Waals surface area (Å²) in [7, 11) is 0. The number of fused-ring (bicyclic) bond motifs is 5. The van der Waals surface area contributed by atoms with Crippen LogP contribution in [0.4, 0.5) is 0 Å². The fraction of sp³-hybridized carbons (Fsp3) is 0. The maximum absolute atomic E-state index is 6.43. The van der Waals surface area contributed by atoms with Crippen molar-refractivity contribution in [2.45, 2.75) is 0 Å². The average molecular weight is 649 g/mol. The zero-order chi connectivity index (χ0) is 33.7. The second-order valence-corrected chi connectivity index (χ2v) is 13.2. The molecule has 1 heteroatoms. The van der Waals surface area contributed by atoms with Crippen LogP contribution in [0.5, 0.6) is 0 Å². The summed E-state index contributed by atoms with van der Waals surface area (Å²) in [6, 6.07) is 70.0. The summed E-state index contributed by atoms with van der Waals surface area (Å²) in [4.78, 5) is 0. The first-order chi connectivity index (χ1) is 25.3. The lowest BCUT2D eigenvalue weighted by atomic mass is 9.82. The molecule has 1 nitrogen and oxygen atoms in total. The molecule has 10 aromatic rings. The lowest BCUT2D eigenvalue weighted by Gasteiger charge is -2.21. The monoisotopic (exact) mass is 648 g/mol. The van der Waals surface area contributed by atoms with Crippen molar-refractivity contribution in [3.05, 3.63) is 194 Å². The van der Waals surface area contributed by atoms with Crippen molar-refractivity contribution >= 4 is 43.5 Å². The molecule has 0 aliphatic heterocycles. The van der Waals surface area contributed by atoms with Crippen molar-refractivity contribution in [1.82, 2.24) is 0 Å². The van der Waals surface area contributed by atoms with E-state index in [4.69, 9.17) is 4.42 Å². The summed E-state index contributed by atoms with van der Waals surface area (Å²) in [5.74, 6) is 0. The second kappa shape index (κ2) is 12.0. The molecule has 9 aromatic carbocycles. The van der Waals surface area contributed by atoms with E-state index in [1.54, 1.807) is 0 Å². The molecule has 0 N–H and O–H groups in total. The first-order valence-corrected chi connectivity index (χ1v) is 17.5. The molecule has 0 amide bonds. The summed E-state index contributed by atoms with van der Waals surface area (Å²) in [6.07, 6.45) is 0. The molecule has 0 aliphatic carbocycles. The molecule has 238 valence electrons. The van der Waals surface area contributed by atoms with Crippen LogP contribution in [-0.2, 0) is 0 Å². The van der Waals surface area contributed by atoms with Crippen LogP contribution in [0.2, 0.25) is 0 Å². The van der Waals surface area contributed by atoms with Crippen molar-refractivity contribution in [3.63, 3.8) is 0 Å². The van der Waals surface area contributed by atoms with E-state index in [9.17, 15) is 0 Å². The van der Waals surface area contributed by atoms with Gasteiger partial charge in [-0.05, 0) is 114 Å². The molecule has 0 bridgehead atoms. The fourth-order valence-electron chi connectivity index (χ4n) is 7.91. The van der Waals surface area contributed by atoms with Gasteiger partial charge in [0.1, 0.15) is 11.2 Å². The zero-order valence-electron chi connectivity index (χ0n) is 27.9. The van der Waals surface area contributed by atoms with Crippen LogP contribution in [0.3, 0.4) is 0 Å². The highest BCUT2D eigenvalue weighted by Gasteiger charge is 2.21. The van der Waals surface area contributed by atoms with E-state index >= 15 is 0 Å². The van der Waals surface area contributed by atoms with Gasteiger partial charge in [0.15, 0.2) is 0 Å². The van der Waals surface area contributed by atoms with Gasteiger partial charge in [0.25, 0.3) is 0 Å². The van der Waals surface area contributed by atoms with E-state index in [0.717, 1.165) is 21.9 Å². The Kier molecular flexibility index (Phi) is 6.89. The van der Waals surface area contributed by atoms with Gasteiger partial charge in [0.2, 0.25) is 0 Å². The van der Waals surface area contributed by atoms with Crippen LogP contribution >= 0.6 is 0 Å². The molecule has 51 heavy (non-hydrogen) atoms. The van der Waals surface area contributed by atoms with Crippen molar-refractivity contribution < 1.29 is 4.42 Å². The van der Waals surface area contributed by atoms with Gasteiger partial charge in [-0.2, -0.15) is 0 Å². The molecular weight excluding hydrogens is 617 g/mol. The lowest BCUT2D eigenvalue weighted by molar-refractivity contribution is 0.669. The maximum atomic E-state index is 6.43. The Morgan fingerprint density at radius 1 is 0.235 bits per heavy atom. The molecule has 0 spiro atoms. The van der Waals surface area contributed by atoms with Gasteiger partial charge in [0.05, 0.1) is 0 Å². The highest BCUT2D eigenvalue weighted by Crippen LogP contribution is 2.48. The summed E-state index contributed by atoms with van der Waals surface area (Å²) in [6.45, 7) is 0. The Morgan fingerprint density at radius 2 is 0.627 bits per heavy atom. The number of hydrogen-bond acceptors (Lipinski definition) is 1. The minimum absolute atomic E-state index is 0.893. The van der Waals surface area contributed by atoms with Gasteiger partial charge >= 0.3 is 0 Å². The van der Waals surface area contributed by atoms with E-state index in [0.29, 0.717) is 0 Å². The zero-order valence-corrected chi connectivity index (χ0v) is 27.9. The van der Waals surface area contributed by atoms with Crippen molar-refractivity contribution in [1.29, 1.82) is 0 Å². The van der Waals surface area contributed by atoms with E-state index in [-0.39, 0.29) is 0 Å². The fourth-order valence-corrected chi connectivity index (χ4v) is 7.91. The molecule has 0 fully saturated rings. The van der Waals surface area contributed by atoms with Crippen LogP contribution in [0.15, 0.2) is 199 Å². The van der Waals surface area contributed by atoms with Crippen LogP contribution in [0.1, 0.15) is 0 Å². The highest BCUT2D eigenvalue weighted by atomic mass is 16.3. The van der Waals surface area contributed by atoms with Crippen molar-refractivity contribution in [3.8, 4) is 55.6 Å². The minimum atomic E-state index is 0.893. The van der Waals surface area contributed by atoms with E-state index in [2.05, 4.69) is 194 Å². The normalized spacial score (nSPS) is 11.5. The van der Waals surface area contributed by atoms with Crippen LogP contribution in [0.25, 0.3) is 99.1 Å². The first-order valence-electron chi connectivity index (χ1n) is 17.5. The molecule has 0 atom stereocenters. The third-order valence-corrected chi connectivity index (χ3v) is 10.3. The molecular formula is C50H32O. The number of benzene rings is 9. The smallest absolute Gasteiger partial charge is 0.135 e. The molecule has 0 unspecified atom stereocenters. The SMILES string of the molecule is c1ccc(-c2ccc3oc4ccc(-c5c6ccccc6c(-c6ccccc6)c6cc(-c7ccccc7)c(-c7ccccc7)cc56)cc4c3c2)cc1. The largest absolute Gasteiger partial charge is 0.456 e.